The lowest BCUT2D eigenvalue weighted by atomic mass is 9.88. The number of unbranched alkanes of at least 4 members (excludes halogenated alkanes) is 20. The molecule has 1 amide bonds. The summed E-state index contributed by atoms with van der Waals surface area (Å²) in [5, 5.41) is 9.71. The molecule has 0 aliphatic carbocycles. The van der Waals surface area contributed by atoms with E-state index in [9.17, 15) is 14.7 Å². The van der Waals surface area contributed by atoms with Gasteiger partial charge in [0.1, 0.15) is 0 Å². The van der Waals surface area contributed by atoms with Crippen molar-refractivity contribution in [2.75, 3.05) is 0 Å². The molecule has 3 N–H and O–H groups in total. The highest BCUT2D eigenvalue weighted by Crippen LogP contribution is 2.23. The molecule has 2 unspecified atom stereocenters. The van der Waals surface area contributed by atoms with Crippen LogP contribution in [0.2, 0.25) is 0 Å². The maximum atomic E-state index is 12.0. The molecule has 0 fully saturated rings. The van der Waals surface area contributed by atoms with Gasteiger partial charge in [-0.25, -0.2) is 0 Å². The van der Waals surface area contributed by atoms with Crippen molar-refractivity contribution in [3.05, 3.63) is 24.3 Å². The number of hydrogen-bond donors (Lipinski definition) is 2. The Hall–Kier alpha value is -1.58. The lowest BCUT2D eigenvalue weighted by Crippen LogP contribution is -2.25. The van der Waals surface area contributed by atoms with Gasteiger partial charge in [0.25, 0.3) is 0 Å². The van der Waals surface area contributed by atoms with Crippen LogP contribution in [0, 0.1) is 11.8 Å². The van der Waals surface area contributed by atoms with Crippen molar-refractivity contribution < 1.29 is 14.7 Å². The van der Waals surface area contributed by atoms with Gasteiger partial charge in [-0.2, -0.15) is 0 Å². The quantitative estimate of drug-likeness (QED) is 0.0590. The number of primary amides is 1. The molecule has 0 spiro atoms. The third kappa shape index (κ3) is 28.5. The molecule has 0 heterocycles. The molecule has 0 aromatic heterocycles. The van der Waals surface area contributed by atoms with Crippen LogP contribution in [0.1, 0.15) is 194 Å². The standard InChI is InChI=1S/C38H71NO3/c1-3-5-7-9-11-13-15-17-19-21-23-25-27-29-31-35(37(39)40)33-34-36(38(41)42)32-30-28-26-24-22-20-18-16-14-12-10-8-6-4-2/h17-20,35-36H,3-16,21-34H2,1-2H3,(H2,39,40)(H,41,42)/b19-17-,20-18-. The maximum Gasteiger partial charge on any atom is 0.306 e. The van der Waals surface area contributed by atoms with Crippen LogP contribution in [-0.4, -0.2) is 17.0 Å². The van der Waals surface area contributed by atoms with Crippen molar-refractivity contribution in [2.45, 2.75) is 194 Å². The van der Waals surface area contributed by atoms with Gasteiger partial charge >= 0.3 is 5.97 Å². The van der Waals surface area contributed by atoms with Gasteiger partial charge in [0.2, 0.25) is 5.91 Å². The molecule has 0 saturated heterocycles. The molecule has 0 aromatic rings. The summed E-state index contributed by atoms with van der Waals surface area (Å²) in [6.45, 7) is 4.52. The fraction of sp³-hybridized carbons (Fsp3) is 0.842. The first-order chi connectivity index (χ1) is 20.5. The number of carboxylic acids is 1. The van der Waals surface area contributed by atoms with E-state index in [2.05, 4.69) is 38.2 Å². The zero-order valence-electron chi connectivity index (χ0n) is 28.1. The Morgan fingerprint density at radius 2 is 0.786 bits per heavy atom. The van der Waals surface area contributed by atoms with Crippen molar-refractivity contribution in [1.29, 1.82) is 0 Å². The first kappa shape index (κ1) is 40.4. The summed E-state index contributed by atoms with van der Waals surface area (Å²) < 4.78 is 0. The van der Waals surface area contributed by atoms with Crippen LogP contribution in [0.25, 0.3) is 0 Å². The SMILES string of the molecule is CCCCCCCC/C=C\CCCCCCC(CCC(CCCCCC/C=C\CCCCCCCC)C(=O)O)C(N)=O. The summed E-state index contributed by atoms with van der Waals surface area (Å²) in [6.07, 6.45) is 41.8. The van der Waals surface area contributed by atoms with Crippen LogP contribution in [-0.2, 0) is 9.59 Å². The number of amides is 1. The van der Waals surface area contributed by atoms with Gasteiger partial charge in [0.05, 0.1) is 5.92 Å². The minimum absolute atomic E-state index is 0.188. The van der Waals surface area contributed by atoms with E-state index < -0.39 is 5.97 Å². The van der Waals surface area contributed by atoms with E-state index in [1.54, 1.807) is 0 Å². The van der Waals surface area contributed by atoms with Crippen LogP contribution < -0.4 is 5.73 Å². The topological polar surface area (TPSA) is 80.4 Å². The minimum atomic E-state index is -0.722. The Kier molecular flexibility index (Phi) is 31.1. The van der Waals surface area contributed by atoms with Gasteiger partial charge < -0.3 is 10.8 Å². The molecule has 4 nitrogen and oxygen atoms in total. The van der Waals surface area contributed by atoms with Crippen molar-refractivity contribution in [3.8, 4) is 0 Å². The molecule has 0 aromatic carbocycles. The molecule has 2 atom stereocenters. The molecule has 0 aliphatic rings. The molecule has 4 heteroatoms. The summed E-state index contributed by atoms with van der Waals surface area (Å²) in [4.78, 5) is 23.8. The van der Waals surface area contributed by atoms with Gasteiger partial charge in [-0.15, -0.1) is 0 Å². The van der Waals surface area contributed by atoms with Gasteiger partial charge in [-0.3, -0.25) is 9.59 Å². The van der Waals surface area contributed by atoms with Gasteiger partial charge in [0.15, 0.2) is 0 Å². The van der Waals surface area contributed by atoms with Crippen molar-refractivity contribution >= 4 is 11.9 Å². The van der Waals surface area contributed by atoms with Crippen molar-refractivity contribution in [3.63, 3.8) is 0 Å². The second-order valence-electron chi connectivity index (χ2n) is 12.8. The summed E-state index contributed by atoms with van der Waals surface area (Å²) in [7, 11) is 0. The van der Waals surface area contributed by atoms with Crippen LogP contribution in [0.4, 0.5) is 0 Å². The van der Waals surface area contributed by atoms with E-state index in [-0.39, 0.29) is 17.7 Å². The summed E-state index contributed by atoms with van der Waals surface area (Å²) in [5.74, 6) is -1.53. The van der Waals surface area contributed by atoms with E-state index in [4.69, 9.17) is 5.73 Å². The monoisotopic (exact) mass is 590 g/mol. The molecule has 0 bridgehead atoms. The average Bonchev–Trinajstić information content (AvgIpc) is 2.97. The summed E-state index contributed by atoms with van der Waals surface area (Å²) in [6, 6.07) is 0. The molecule has 0 radical (unpaired) electrons. The number of carboxylic acid groups (broad SMARTS) is 1. The van der Waals surface area contributed by atoms with Gasteiger partial charge in [-0.1, -0.05) is 141 Å². The molecule has 0 rings (SSSR count). The fourth-order valence-electron chi connectivity index (χ4n) is 5.79. The molecule has 42 heavy (non-hydrogen) atoms. The predicted molar refractivity (Wildman–Crippen MR) is 183 cm³/mol. The fourth-order valence-corrected chi connectivity index (χ4v) is 5.79. The predicted octanol–water partition coefficient (Wildman–Crippen LogP) is 11.9. The number of aliphatic carboxylic acids is 1. The summed E-state index contributed by atoms with van der Waals surface area (Å²) >= 11 is 0. The van der Waals surface area contributed by atoms with Gasteiger partial charge in [-0.05, 0) is 77.0 Å². The minimum Gasteiger partial charge on any atom is -0.481 e. The highest BCUT2D eigenvalue weighted by Gasteiger charge is 2.21. The second kappa shape index (κ2) is 32.3. The van der Waals surface area contributed by atoms with E-state index >= 15 is 0 Å². The molecule has 0 saturated carbocycles. The first-order valence-electron chi connectivity index (χ1n) is 18.3. The molecular formula is C38H71NO3. The highest BCUT2D eigenvalue weighted by molar-refractivity contribution is 5.76. The van der Waals surface area contributed by atoms with E-state index in [0.717, 1.165) is 51.4 Å². The Morgan fingerprint density at radius 3 is 1.14 bits per heavy atom. The van der Waals surface area contributed by atoms with Crippen LogP contribution >= 0.6 is 0 Å². The number of nitrogens with two attached hydrogens (primary N) is 1. The summed E-state index contributed by atoms with van der Waals surface area (Å²) in [5.41, 5.74) is 5.68. The zero-order chi connectivity index (χ0) is 30.9. The van der Waals surface area contributed by atoms with Gasteiger partial charge in [0, 0.05) is 5.92 Å². The average molecular weight is 590 g/mol. The number of carbonyl (C=O) groups excluding carboxylic acids is 1. The van der Waals surface area contributed by atoms with E-state index in [1.807, 2.05) is 0 Å². The normalized spacial score (nSPS) is 13.3. The lowest BCUT2D eigenvalue weighted by Gasteiger charge is -2.17. The lowest BCUT2D eigenvalue weighted by molar-refractivity contribution is -0.142. The molecule has 0 aliphatic heterocycles. The second-order valence-corrected chi connectivity index (χ2v) is 12.8. The largest absolute Gasteiger partial charge is 0.481 e. The highest BCUT2D eigenvalue weighted by atomic mass is 16.4. The van der Waals surface area contributed by atoms with Crippen molar-refractivity contribution in [1.82, 2.24) is 0 Å². The van der Waals surface area contributed by atoms with Crippen LogP contribution in [0.5, 0.6) is 0 Å². The van der Waals surface area contributed by atoms with Crippen LogP contribution in [0.15, 0.2) is 24.3 Å². The van der Waals surface area contributed by atoms with Crippen molar-refractivity contribution in [2.24, 2.45) is 17.6 Å². The number of carbonyl (C=O) groups is 2. The smallest absolute Gasteiger partial charge is 0.306 e. The Bertz CT molecular complexity index is 601. The van der Waals surface area contributed by atoms with E-state index in [1.165, 1.54) is 109 Å². The van der Waals surface area contributed by atoms with E-state index in [0.29, 0.717) is 19.3 Å². The Balaban J connectivity index is 3.87. The number of allylic oxidation sites excluding steroid dienone is 4. The number of hydrogen-bond acceptors (Lipinski definition) is 2. The third-order valence-electron chi connectivity index (χ3n) is 8.74. The molecule has 246 valence electrons. The first-order valence-corrected chi connectivity index (χ1v) is 18.3. The molecular weight excluding hydrogens is 518 g/mol. The maximum absolute atomic E-state index is 12.0. The third-order valence-corrected chi connectivity index (χ3v) is 8.74. The number of rotatable bonds is 33. The Labute approximate surface area is 261 Å². The Morgan fingerprint density at radius 1 is 0.476 bits per heavy atom. The van der Waals surface area contributed by atoms with Crippen LogP contribution in [0.3, 0.4) is 0 Å². The zero-order valence-corrected chi connectivity index (χ0v) is 28.1.